The number of pyridine rings is 1. The zero-order valence-corrected chi connectivity index (χ0v) is 23.2. The zero-order valence-electron chi connectivity index (χ0n) is 22.4. The van der Waals surface area contributed by atoms with Gasteiger partial charge >= 0.3 is 0 Å². The van der Waals surface area contributed by atoms with Crippen LogP contribution in [0.3, 0.4) is 0 Å². The predicted molar refractivity (Wildman–Crippen MR) is 148 cm³/mol. The number of sulfone groups is 1. The third-order valence-corrected chi connectivity index (χ3v) is 9.27. The highest BCUT2D eigenvalue weighted by atomic mass is 32.2. The van der Waals surface area contributed by atoms with E-state index in [-0.39, 0.29) is 28.6 Å². The van der Waals surface area contributed by atoms with E-state index in [1.54, 1.807) is 30.9 Å². The first kappa shape index (κ1) is 26.2. The van der Waals surface area contributed by atoms with Crippen LogP contribution in [0.1, 0.15) is 56.3 Å². The zero-order chi connectivity index (χ0) is 27.9. The first-order chi connectivity index (χ1) is 19.4. The summed E-state index contributed by atoms with van der Waals surface area (Å²) in [4.78, 5) is 40.9. The quantitative estimate of drug-likeness (QED) is 0.303. The summed E-state index contributed by atoms with van der Waals surface area (Å²) in [5.74, 6) is 1.68. The molecule has 4 aromatic rings. The molecule has 0 spiro atoms. The van der Waals surface area contributed by atoms with Crippen molar-refractivity contribution in [2.45, 2.75) is 62.9 Å². The van der Waals surface area contributed by atoms with Gasteiger partial charge in [-0.15, -0.1) is 0 Å². The minimum Gasteiger partial charge on any atom is -0.480 e. The third-order valence-electron chi connectivity index (χ3n) is 7.55. The van der Waals surface area contributed by atoms with E-state index in [2.05, 4.69) is 30.2 Å². The van der Waals surface area contributed by atoms with Crippen molar-refractivity contribution in [1.82, 2.24) is 34.5 Å². The first-order valence-corrected chi connectivity index (χ1v) is 15.1. The monoisotopic (exact) mass is 562 g/mol. The standard InChI is InChI=1S/C27H30N8O4S/c1-3-40(37,38)19-10-9-18(28-12-19)11-29-24-27(36)35(14-16-5-4-6-16)25-20(33-24)13-30-23(34-25)21-22(17-7-8-17)31-15-32-26(21)39-2/h9-10,12-13,15-17H,3-8,11,14H2,1-2H3,(H,29,33). The van der Waals surface area contributed by atoms with Crippen molar-refractivity contribution in [3.8, 4) is 17.3 Å². The van der Waals surface area contributed by atoms with Crippen molar-refractivity contribution in [3.63, 3.8) is 0 Å². The maximum atomic E-state index is 13.7. The van der Waals surface area contributed by atoms with Gasteiger partial charge in [0.05, 0.1) is 41.9 Å². The Bertz CT molecular complexity index is 1730. The van der Waals surface area contributed by atoms with Gasteiger partial charge in [0.2, 0.25) is 5.88 Å². The van der Waals surface area contributed by atoms with Gasteiger partial charge < -0.3 is 10.1 Å². The Balaban J connectivity index is 1.37. The van der Waals surface area contributed by atoms with Crippen molar-refractivity contribution in [2.75, 3.05) is 18.2 Å². The van der Waals surface area contributed by atoms with Crippen LogP contribution in [0.2, 0.25) is 0 Å². The Labute approximate surface area is 231 Å². The number of hydrogen-bond donors (Lipinski definition) is 1. The normalized spacial score (nSPS) is 15.7. The highest BCUT2D eigenvalue weighted by Crippen LogP contribution is 2.44. The van der Waals surface area contributed by atoms with Crippen LogP contribution in [0, 0.1) is 5.92 Å². The predicted octanol–water partition coefficient (Wildman–Crippen LogP) is 3.13. The molecular weight excluding hydrogens is 532 g/mol. The third kappa shape index (κ3) is 5.01. The van der Waals surface area contributed by atoms with Crippen molar-refractivity contribution < 1.29 is 13.2 Å². The molecule has 13 heteroatoms. The summed E-state index contributed by atoms with van der Waals surface area (Å²) in [5, 5.41) is 3.09. The van der Waals surface area contributed by atoms with E-state index in [0.717, 1.165) is 37.8 Å². The molecule has 12 nitrogen and oxygen atoms in total. The fourth-order valence-electron chi connectivity index (χ4n) is 4.83. The Hall–Kier alpha value is -4.00. The lowest BCUT2D eigenvalue weighted by Gasteiger charge is -2.26. The van der Waals surface area contributed by atoms with Gasteiger partial charge in [0.25, 0.3) is 5.56 Å². The second-order valence-corrected chi connectivity index (χ2v) is 12.5. The summed E-state index contributed by atoms with van der Waals surface area (Å²) in [6.07, 6.45) is 9.78. The fraction of sp³-hybridized carbons (Fsp3) is 0.444. The highest BCUT2D eigenvalue weighted by Gasteiger charge is 2.32. The molecule has 2 saturated carbocycles. The van der Waals surface area contributed by atoms with Gasteiger partial charge in [-0.05, 0) is 43.7 Å². The van der Waals surface area contributed by atoms with Crippen LogP contribution in [0.25, 0.3) is 22.6 Å². The Morgan fingerprint density at radius 2 is 1.88 bits per heavy atom. The Kier molecular flexibility index (Phi) is 6.90. The molecule has 0 radical (unpaired) electrons. The van der Waals surface area contributed by atoms with Crippen LogP contribution < -0.4 is 15.6 Å². The molecule has 2 aliphatic rings. The summed E-state index contributed by atoms with van der Waals surface area (Å²) in [6.45, 7) is 2.32. The summed E-state index contributed by atoms with van der Waals surface area (Å²) in [5.41, 5.74) is 2.73. The van der Waals surface area contributed by atoms with Crippen molar-refractivity contribution in [3.05, 3.63) is 52.6 Å². The molecule has 0 amide bonds. The molecule has 1 N–H and O–H groups in total. The molecule has 4 aromatic heterocycles. The van der Waals surface area contributed by atoms with E-state index in [1.807, 2.05) is 0 Å². The number of rotatable bonds is 10. The van der Waals surface area contributed by atoms with Gasteiger partial charge in [0, 0.05) is 18.7 Å². The number of nitrogens with one attached hydrogen (secondary N) is 1. The van der Waals surface area contributed by atoms with E-state index in [0.29, 0.717) is 52.5 Å². The molecule has 0 aromatic carbocycles. The number of aromatic nitrogens is 7. The Morgan fingerprint density at radius 1 is 1.05 bits per heavy atom. The van der Waals surface area contributed by atoms with Crippen molar-refractivity contribution in [1.29, 1.82) is 0 Å². The van der Waals surface area contributed by atoms with E-state index < -0.39 is 9.84 Å². The first-order valence-electron chi connectivity index (χ1n) is 13.5. The van der Waals surface area contributed by atoms with Gasteiger partial charge in [0.1, 0.15) is 17.4 Å². The van der Waals surface area contributed by atoms with Gasteiger partial charge in [-0.1, -0.05) is 13.3 Å². The molecule has 0 bridgehead atoms. The second-order valence-electron chi connectivity index (χ2n) is 10.2. The topological polar surface area (TPSA) is 155 Å². The van der Waals surface area contributed by atoms with Gasteiger partial charge in [-0.25, -0.2) is 33.3 Å². The Morgan fingerprint density at radius 3 is 2.52 bits per heavy atom. The lowest BCUT2D eigenvalue weighted by atomic mass is 9.85. The smallest absolute Gasteiger partial charge is 0.294 e. The van der Waals surface area contributed by atoms with Crippen LogP contribution >= 0.6 is 0 Å². The molecule has 0 atom stereocenters. The summed E-state index contributed by atoms with van der Waals surface area (Å²) in [7, 11) is -1.78. The largest absolute Gasteiger partial charge is 0.480 e. The summed E-state index contributed by atoms with van der Waals surface area (Å²) < 4.78 is 31.4. The number of fused-ring (bicyclic) bond motifs is 1. The number of nitrogens with zero attached hydrogens (tertiary/aromatic N) is 7. The molecule has 0 aliphatic heterocycles. The van der Waals surface area contributed by atoms with Gasteiger partial charge in [-0.3, -0.25) is 14.3 Å². The second kappa shape index (κ2) is 10.5. The lowest BCUT2D eigenvalue weighted by Crippen LogP contribution is -2.30. The molecule has 0 unspecified atom stereocenters. The van der Waals surface area contributed by atoms with Crippen LogP contribution in [0.4, 0.5) is 5.82 Å². The molecular formula is C27H30N8O4S. The molecule has 2 aliphatic carbocycles. The van der Waals surface area contributed by atoms with E-state index >= 15 is 0 Å². The lowest BCUT2D eigenvalue weighted by molar-refractivity contribution is 0.276. The van der Waals surface area contributed by atoms with Crippen molar-refractivity contribution in [2.24, 2.45) is 5.92 Å². The minimum absolute atomic E-state index is 0.00355. The van der Waals surface area contributed by atoms with Crippen LogP contribution in [0.5, 0.6) is 5.88 Å². The maximum absolute atomic E-state index is 13.7. The van der Waals surface area contributed by atoms with Crippen LogP contribution in [-0.2, 0) is 22.9 Å². The van der Waals surface area contributed by atoms with E-state index in [9.17, 15) is 13.2 Å². The van der Waals surface area contributed by atoms with Crippen LogP contribution in [-0.4, -0.2) is 55.8 Å². The molecule has 4 heterocycles. The summed E-state index contributed by atoms with van der Waals surface area (Å²) >= 11 is 0. The van der Waals surface area contributed by atoms with Crippen LogP contribution in [0.15, 0.2) is 40.5 Å². The molecule has 6 rings (SSSR count). The molecule has 40 heavy (non-hydrogen) atoms. The summed E-state index contributed by atoms with van der Waals surface area (Å²) in [6, 6.07) is 3.16. The number of ether oxygens (including phenoxy) is 1. The van der Waals surface area contributed by atoms with Gasteiger partial charge in [-0.2, -0.15) is 0 Å². The minimum atomic E-state index is -3.34. The molecule has 208 valence electrons. The average Bonchev–Trinajstić information content (AvgIpc) is 3.80. The number of methoxy groups -OCH3 is 1. The fourth-order valence-corrected chi connectivity index (χ4v) is 5.65. The van der Waals surface area contributed by atoms with E-state index in [1.165, 1.54) is 18.6 Å². The molecule has 2 fully saturated rings. The number of hydrogen-bond acceptors (Lipinski definition) is 11. The highest BCUT2D eigenvalue weighted by molar-refractivity contribution is 7.91. The van der Waals surface area contributed by atoms with E-state index in [4.69, 9.17) is 9.72 Å². The van der Waals surface area contributed by atoms with Gasteiger partial charge in [0.15, 0.2) is 27.1 Å². The number of anilines is 1. The van der Waals surface area contributed by atoms with Crippen molar-refractivity contribution >= 4 is 26.8 Å². The average molecular weight is 563 g/mol. The maximum Gasteiger partial charge on any atom is 0.294 e. The molecule has 0 saturated heterocycles. The SMILES string of the molecule is CCS(=O)(=O)c1ccc(CNc2nc3cnc(-c4c(OC)ncnc4C4CC4)nc3n(CC3CCC3)c2=O)nc1.